The number of benzene rings is 1. The van der Waals surface area contributed by atoms with Gasteiger partial charge in [0.15, 0.2) is 0 Å². The molecule has 27 heavy (non-hydrogen) atoms. The number of rotatable bonds is 8. The van der Waals surface area contributed by atoms with Gasteiger partial charge in [-0.2, -0.15) is 0 Å². The van der Waals surface area contributed by atoms with Gasteiger partial charge in [0.05, 0.1) is 12.8 Å². The standard InChI is InChI=1S/C22H30N2O3/c1-17(19-9-5-11-23-14-19)13-22(26)24(15-18-7-3-2-4-8-18)16-20(25)21-10-6-12-27-21/h2-4,6-8,10,12,17,19-20,23,25H,5,9,11,13-16H2,1H3. The van der Waals surface area contributed by atoms with Gasteiger partial charge < -0.3 is 19.7 Å². The lowest BCUT2D eigenvalue weighted by Gasteiger charge is -2.31. The van der Waals surface area contributed by atoms with Crippen molar-refractivity contribution in [3.63, 3.8) is 0 Å². The van der Waals surface area contributed by atoms with Gasteiger partial charge in [-0.15, -0.1) is 0 Å². The number of aliphatic hydroxyl groups excluding tert-OH is 1. The molecule has 2 heterocycles. The van der Waals surface area contributed by atoms with E-state index < -0.39 is 6.10 Å². The van der Waals surface area contributed by atoms with Crippen LogP contribution in [-0.4, -0.2) is 35.5 Å². The van der Waals surface area contributed by atoms with Crippen molar-refractivity contribution in [3.05, 3.63) is 60.1 Å². The van der Waals surface area contributed by atoms with E-state index in [9.17, 15) is 9.90 Å². The maximum atomic E-state index is 13.1. The predicted octanol–water partition coefficient (Wildman–Crippen LogP) is 3.37. The minimum Gasteiger partial charge on any atom is -0.467 e. The highest BCUT2D eigenvalue weighted by Gasteiger charge is 2.26. The smallest absolute Gasteiger partial charge is 0.223 e. The maximum absolute atomic E-state index is 13.1. The Morgan fingerprint density at radius 3 is 2.78 bits per heavy atom. The van der Waals surface area contributed by atoms with Crippen molar-refractivity contribution in [2.75, 3.05) is 19.6 Å². The fourth-order valence-corrected chi connectivity index (χ4v) is 3.77. The minimum atomic E-state index is -0.820. The topological polar surface area (TPSA) is 65.7 Å². The summed E-state index contributed by atoms with van der Waals surface area (Å²) in [5, 5.41) is 13.9. The lowest BCUT2D eigenvalue weighted by molar-refractivity contribution is -0.134. The Labute approximate surface area is 161 Å². The minimum absolute atomic E-state index is 0.0857. The Morgan fingerprint density at radius 1 is 1.30 bits per heavy atom. The molecular formula is C22H30N2O3. The monoisotopic (exact) mass is 370 g/mol. The van der Waals surface area contributed by atoms with Crippen LogP contribution in [0, 0.1) is 11.8 Å². The van der Waals surface area contributed by atoms with Crippen LogP contribution in [0.3, 0.4) is 0 Å². The summed E-state index contributed by atoms with van der Waals surface area (Å²) < 4.78 is 5.31. The van der Waals surface area contributed by atoms with Crippen LogP contribution >= 0.6 is 0 Å². The lowest BCUT2D eigenvalue weighted by atomic mass is 9.85. The van der Waals surface area contributed by atoms with Crippen molar-refractivity contribution in [2.24, 2.45) is 11.8 Å². The molecule has 5 heteroatoms. The normalized spacial score (nSPS) is 19.4. The molecule has 3 rings (SSSR count). The first-order chi connectivity index (χ1) is 13.1. The molecular weight excluding hydrogens is 340 g/mol. The molecule has 1 aromatic heterocycles. The van der Waals surface area contributed by atoms with E-state index in [0.29, 0.717) is 30.6 Å². The number of hydrogen-bond acceptors (Lipinski definition) is 4. The number of hydrogen-bond donors (Lipinski definition) is 2. The lowest BCUT2D eigenvalue weighted by Crippen LogP contribution is -2.38. The fraction of sp³-hybridized carbons (Fsp3) is 0.500. The number of nitrogens with zero attached hydrogens (tertiary/aromatic N) is 1. The predicted molar refractivity (Wildman–Crippen MR) is 105 cm³/mol. The molecule has 2 N–H and O–H groups in total. The molecule has 0 aliphatic carbocycles. The zero-order valence-corrected chi connectivity index (χ0v) is 16.0. The molecule has 1 aliphatic heterocycles. The van der Waals surface area contributed by atoms with E-state index in [1.165, 1.54) is 12.8 Å². The molecule has 146 valence electrons. The Balaban J connectivity index is 1.66. The molecule has 0 saturated carbocycles. The van der Waals surface area contributed by atoms with Crippen LogP contribution < -0.4 is 5.32 Å². The Hall–Kier alpha value is -2.11. The van der Waals surface area contributed by atoms with Gasteiger partial charge in [-0.1, -0.05) is 37.3 Å². The zero-order chi connectivity index (χ0) is 19.1. The summed E-state index contributed by atoms with van der Waals surface area (Å²) in [5.41, 5.74) is 1.06. The third-order valence-corrected chi connectivity index (χ3v) is 5.47. The first-order valence-electron chi connectivity index (χ1n) is 9.87. The van der Waals surface area contributed by atoms with Crippen LogP contribution in [0.1, 0.15) is 43.6 Å². The molecule has 1 fully saturated rings. The largest absolute Gasteiger partial charge is 0.467 e. The average molecular weight is 370 g/mol. The van der Waals surface area contributed by atoms with Crippen LogP contribution in [0.15, 0.2) is 53.1 Å². The number of nitrogens with one attached hydrogen (secondary N) is 1. The first-order valence-corrected chi connectivity index (χ1v) is 9.87. The molecule has 2 aromatic rings. The maximum Gasteiger partial charge on any atom is 0.223 e. The summed E-state index contributed by atoms with van der Waals surface area (Å²) in [6.45, 7) is 4.96. The summed E-state index contributed by atoms with van der Waals surface area (Å²) in [6, 6.07) is 13.4. The highest BCUT2D eigenvalue weighted by Crippen LogP contribution is 2.24. The summed E-state index contributed by atoms with van der Waals surface area (Å²) in [7, 11) is 0. The molecule has 0 radical (unpaired) electrons. The molecule has 3 atom stereocenters. The SMILES string of the molecule is CC(CC(=O)N(Cc1ccccc1)CC(O)c1ccco1)C1CCCNC1. The van der Waals surface area contributed by atoms with Gasteiger partial charge in [0.1, 0.15) is 11.9 Å². The fourth-order valence-electron chi connectivity index (χ4n) is 3.77. The van der Waals surface area contributed by atoms with E-state index in [1.54, 1.807) is 23.3 Å². The number of carbonyl (C=O) groups is 1. The Morgan fingerprint density at radius 2 is 2.11 bits per heavy atom. The Kier molecular flexibility index (Phi) is 7.07. The van der Waals surface area contributed by atoms with Crippen molar-refractivity contribution >= 4 is 5.91 Å². The van der Waals surface area contributed by atoms with Gasteiger partial charge in [0.2, 0.25) is 5.91 Å². The van der Waals surface area contributed by atoms with Gasteiger partial charge in [-0.25, -0.2) is 0 Å². The van der Waals surface area contributed by atoms with Crippen LogP contribution in [-0.2, 0) is 11.3 Å². The van der Waals surface area contributed by atoms with Crippen molar-refractivity contribution in [1.29, 1.82) is 0 Å². The van der Waals surface area contributed by atoms with E-state index in [1.807, 2.05) is 30.3 Å². The Bertz CT molecular complexity index is 681. The molecule has 1 amide bonds. The number of carbonyl (C=O) groups excluding carboxylic acids is 1. The van der Waals surface area contributed by atoms with Crippen LogP contribution in [0.4, 0.5) is 0 Å². The van der Waals surface area contributed by atoms with Gasteiger partial charge in [-0.05, 0) is 55.5 Å². The highest BCUT2D eigenvalue weighted by atomic mass is 16.4. The first kappa shape index (κ1) is 19.6. The average Bonchev–Trinajstić information content (AvgIpc) is 3.24. The van der Waals surface area contributed by atoms with Gasteiger partial charge in [0, 0.05) is 13.0 Å². The second-order valence-electron chi connectivity index (χ2n) is 7.58. The third-order valence-electron chi connectivity index (χ3n) is 5.47. The van der Waals surface area contributed by atoms with Crippen LogP contribution in [0.2, 0.25) is 0 Å². The second kappa shape index (κ2) is 9.72. The van der Waals surface area contributed by atoms with Crippen LogP contribution in [0.25, 0.3) is 0 Å². The number of amides is 1. The molecule has 5 nitrogen and oxygen atoms in total. The third kappa shape index (κ3) is 5.68. The van der Waals surface area contributed by atoms with Crippen molar-refractivity contribution < 1.29 is 14.3 Å². The van der Waals surface area contributed by atoms with E-state index in [4.69, 9.17) is 4.42 Å². The molecule has 3 unspecified atom stereocenters. The highest BCUT2D eigenvalue weighted by molar-refractivity contribution is 5.76. The van der Waals surface area contributed by atoms with E-state index in [-0.39, 0.29) is 12.5 Å². The molecule has 1 aromatic carbocycles. The second-order valence-corrected chi connectivity index (χ2v) is 7.58. The number of aliphatic hydroxyl groups is 1. The van der Waals surface area contributed by atoms with Crippen molar-refractivity contribution in [2.45, 2.75) is 38.8 Å². The van der Waals surface area contributed by atoms with Gasteiger partial charge in [0.25, 0.3) is 0 Å². The van der Waals surface area contributed by atoms with Gasteiger partial charge >= 0.3 is 0 Å². The van der Waals surface area contributed by atoms with E-state index in [2.05, 4.69) is 12.2 Å². The van der Waals surface area contributed by atoms with E-state index in [0.717, 1.165) is 18.7 Å². The quantitative estimate of drug-likeness (QED) is 0.748. The van der Waals surface area contributed by atoms with Crippen molar-refractivity contribution in [1.82, 2.24) is 10.2 Å². The summed E-state index contributed by atoms with van der Waals surface area (Å²) in [5.74, 6) is 1.44. The summed E-state index contributed by atoms with van der Waals surface area (Å²) in [4.78, 5) is 14.8. The molecule has 1 saturated heterocycles. The summed E-state index contributed by atoms with van der Waals surface area (Å²) >= 11 is 0. The molecule has 0 bridgehead atoms. The summed E-state index contributed by atoms with van der Waals surface area (Å²) in [6.07, 6.45) is 3.58. The zero-order valence-electron chi connectivity index (χ0n) is 16.0. The van der Waals surface area contributed by atoms with E-state index >= 15 is 0 Å². The van der Waals surface area contributed by atoms with Gasteiger partial charge in [-0.3, -0.25) is 4.79 Å². The number of piperidine rings is 1. The van der Waals surface area contributed by atoms with Crippen LogP contribution in [0.5, 0.6) is 0 Å². The molecule has 0 spiro atoms. The van der Waals surface area contributed by atoms with Crippen molar-refractivity contribution in [3.8, 4) is 0 Å². The number of furan rings is 1. The molecule has 1 aliphatic rings.